The Morgan fingerprint density at radius 2 is 1.82 bits per heavy atom. The van der Waals surface area contributed by atoms with Gasteiger partial charge in [-0.3, -0.25) is 14.3 Å². The van der Waals surface area contributed by atoms with Gasteiger partial charge in [0.25, 0.3) is 11.8 Å². The van der Waals surface area contributed by atoms with Crippen LogP contribution in [0.15, 0.2) is 47.0 Å². The summed E-state index contributed by atoms with van der Waals surface area (Å²) < 4.78 is 17.3. The van der Waals surface area contributed by atoms with E-state index in [1.165, 1.54) is 24.1 Å². The van der Waals surface area contributed by atoms with Crippen molar-refractivity contribution in [1.29, 1.82) is 0 Å². The first-order valence-electron chi connectivity index (χ1n) is 10.3. The highest BCUT2D eigenvalue weighted by atomic mass is 16.5. The Labute approximate surface area is 190 Å². The van der Waals surface area contributed by atoms with E-state index in [0.29, 0.717) is 23.6 Å². The third-order valence-corrected chi connectivity index (χ3v) is 4.61. The highest BCUT2D eigenvalue weighted by molar-refractivity contribution is 6.07. The normalized spacial score (nSPS) is 10.7. The first-order valence-corrected chi connectivity index (χ1v) is 10.3. The molecule has 3 rings (SSSR count). The quantitative estimate of drug-likeness (QED) is 0.476. The topological polar surface area (TPSA) is 125 Å². The fourth-order valence-corrected chi connectivity index (χ4v) is 2.90. The number of esters is 1. The number of anilines is 1. The van der Waals surface area contributed by atoms with Crippen LogP contribution < -0.4 is 15.4 Å². The summed E-state index contributed by atoms with van der Waals surface area (Å²) in [7, 11) is 2.94. The Morgan fingerprint density at radius 1 is 1.09 bits per heavy atom. The summed E-state index contributed by atoms with van der Waals surface area (Å²) in [6.07, 6.45) is 1.41. The van der Waals surface area contributed by atoms with Crippen LogP contribution in [0.25, 0.3) is 0 Å². The molecule has 10 heteroatoms. The van der Waals surface area contributed by atoms with E-state index in [9.17, 15) is 14.4 Å². The van der Waals surface area contributed by atoms with Crippen molar-refractivity contribution >= 4 is 23.5 Å². The Kier molecular flexibility index (Phi) is 7.50. The van der Waals surface area contributed by atoms with E-state index in [4.69, 9.17) is 9.15 Å². The van der Waals surface area contributed by atoms with Crippen molar-refractivity contribution in [2.45, 2.75) is 20.5 Å². The molecule has 0 radical (unpaired) electrons. The maximum absolute atomic E-state index is 12.6. The van der Waals surface area contributed by atoms with Crippen molar-refractivity contribution in [3.63, 3.8) is 0 Å². The van der Waals surface area contributed by atoms with Gasteiger partial charge in [-0.15, -0.1) is 0 Å². The molecule has 2 amide bonds. The van der Waals surface area contributed by atoms with Gasteiger partial charge in [0.15, 0.2) is 5.76 Å². The number of ether oxygens (including phenoxy) is 2. The lowest BCUT2D eigenvalue weighted by atomic mass is 10.2. The number of benzene rings is 1. The summed E-state index contributed by atoms with van der Waals surface area (Å²) in [6, 6.07) is 9.59. The molecule has 0 fully saturated rings. The van der Waals surface area contributed by atoms with Crippen LogP contribution >= 0.6 is 0 Å². The summed E-state index contributed by atoms with van der Waals surface area (Å²) >= 11 is 0. The van der Waals surface area contributed by atoms with Crippen LogP contribution in [0, 0.1) is 5.92 Å². The summed E-state index contributed by atoms with van der Waals surface area (Å²) in [5.74, 6) is 0.0234. The molecular weight excluding hydrogens is 428 g/mol. The first-order chi connectivity index (χ1) is 15.8. The van der Waals surface area contributed by atoms with Gasteiger partial charge in [-0.05, 0) is 42.3 Å². The second-order valence-electron chi connectivity index (χ2n) is 7.66. The summed E-state index contributed by atoms with van der Waals surface area (Å²) in [5.41, 5.74) is 0.938. The molecule has 0 saturated heterocycles. The van der Waals surface area contributed by atoms with Crippen LogP contribution in [0.4, 0.5) is 5.69 Å². The number of carbonyl (C=O) groups excluding carboxylic acids is 3. The van der Waals surface area contributed by atoms with E-state index >= 15 is 0 Å². The van der Waals surface area contributed by atoms with Gasteiger partial charge >= 0.3 is 5.97 Å². The highest BCUT2D eigenvalue weighted by Crippen LogP contribution is 2.19. The summed E-state index contributed by atoms with van der Waals surface area (Å²) in [5, 5.41) is 9.54. The zero-order chi connectivity index (χ0) is 24.0. The number of hydrogen-bond acceptors (Lipinski definition) is 7. The van der Waals surface area contributed by atoms with Gasteiger partial charge in [0.2, 0.25) is 0 Å². The number of aryl methyl sites for hydroxylation is 1. The van der Waals surface area contributed by atoms with Crippen molar-refractivity contribution in [2.24, 2.45) is 13.0 Å². The minimum absolute atomic E-state index is 0.0621. The fourth-order valence-electron chi connectivity index (χ4n) is 2.90. The van der Waals surface area contributed by atoms with Crippen LogP contribution in [0.1, 0.15) is 51.0 Å². The Hall–Kier alpha value is -4.08. The standard InChI is InChI=1S/C23H26N4O6/c1-14(2)11-24-22(29)20-18(12-25-27(20)3)26-21(28)19-10-9-17(33-19)13-32-16-7-5-15(6-8-16)23(30)31-4/h5-10,12,14H,11,13H2,1-4H3,(H,24,29)(H,26,28). The monoisotopic (exact) mass is 454 g/mol. The predicted molar refractivity (Wildman–Crippen MR) is 119 cm³/mol. The molecule has 174 valence electrons. The fraction of sp³-hybridized carbons (Fsp3) is 0.304. The van der Waals surface area contributed by atoms with Crippen molar-refractivity contribution in [1.82, 2.24) is 15.1 Å². The summed E-state index contributed by atoms with van der Waals surface area (Å²) in [6.45, 7) is 4.56. The van der Waals surface area contributed by atoms with Gasteiger partial charge < -0.3 is 24.5 Å². The zero-order valence-electron chi connectivity index (χ0n) is 18.9. The van der Waals surface area contributed by atoms with E-state index in [-0.39, 0.29) is 35.6 Å². The predicted octanol–water partition coefficient (Wildman–Crippen LogP) is 3.02. The van der Waals surface area contributed by atoms with Crippen molar-refractivity contribution in [2.75, 3.05) is 19.0 Å². The Morgan fingerprint density at radius 3 is 2.48 bits per heavy atom. The molecule has 0 spiro atoms. The van der Waals surface area contributed by atoms with Crippen LogP contribution in [-0.2, 0) is 18.4 Å². The molecule has 2 heterocycles. The average Bonchev–Trinajstić information content (AvgIpc) is 3.42. The molecule has 2 aromatic heterocycles. The van der Waals surface area contributed by atoms with Crippen LogP contribution in [-0.4, -0.2) is 41.2 Å². The van der Waals surface area contributed by atoms with Gasteiger partial charge in [-0.1, -0.05) is 13.8 Å². The smallest absolute Gasteiger partial charge is 0.337 e. The molecule has 33 heavy (non-hydrogen) atoms. The van der Waals surface area contributed by atoms with Gasteiger partial charge in [0, 0.05) is 13.6 Å². The van der Waals surface area contributed by atoms with Crippen molar-refractivity contribution < 1.29 is 28.3 Å². The van der Waals surface area contributed by atoms with Gasteiger partial charge in [0.05, 0.1) is 24.6 Å². The van der Waals surface area contributed by atoms with E-state index in [0.717, 1.165) is 0 Å². The van der Waals surface area contributed by atoms with Crippen LogP contribution in [0.3, 0.4) is 0 Å². The maximum Gasteiger partial charge on any atom is 0.337 e. The van der Waals surface area contributed by atoms with E-state index < -0.39 is 11.9 Å². The second-order valence-corrected chi connectivity index (χ2v) is 7.66. The van der Waals surface area contributed by atoms with Gasteiger partial charge in [-0.25, -0.2) is 4.79 Å². The summed E-state index contributed by atoms with van der Waals surface area (Å²) in [4.78, 5) is 36.6. The number of rotatable bonds is 9. The number of carbonyl (C=O) groups is 3. The molecule has 0 bridgehead atoms. The molecule has 3 aromatic rings. The van der Waals surface area contributed by atoms with E-state index in [1.54, 1.807) is 37.4 Å². The third-order valence-electron chi connectivity index (χ3n) is 4.61. The molecule has 10 nitrogen and oxygen atoms in total. The van der Waals surface area contributed by atoms with Gasteiger partial charge in [-0.2, -0.15) is 5.10 Å². The second kappa shape index (κ2) is 10.5. The number of amides is 2. The molecule has 0 atom stereocenters. The van der Waals surface area contributed by atoms with Crippen molar-refractivity contribution in [3.05, 3.63) is 65.4 Å². The average molecular weight is 454 g/mol. The molecule has 2 N–H and O–H groups in total. The van der Waals surface area contributed by atoms with E-state index in [1.807, 2.05) is 13.8 Å². The van der Waals surface area contributed by atoms with Gasteiger partial charge in [0.1, 0.15) is 23.8 Å². The lowest BCUT2D eigenvalue weighted by Crippen LogP contribution is -2.30. The SMILES string of the molecule is COC(=O)c1ccc(OCc2ccc(C(=O)Nc3cnn(C)c3C(=O)NCC(C)C)o2)cc1. The number of hydrogen-bond donors (Lipinski definition) is 2. The van der Waals surface area contributed by atoms with Crippen LogP contribution in [0.2, 0.25) is 0 Å². The lowest BCUT2D eigenvalue weighted by molar-refractivity contribution is 0.0600. The Bertz CT molecular complexity index is 1130. The highest BCUT2D eigenvalue weighted by Gasteiger charge is 2.20. The number of furan rings is 1. The zero-order valence-corrected chi connectivity index (χ0v) is 18.9. The van der Waals surface area contributed by atoms with Crippen LogP contribution in [0.5, 0.6) is 5.75 Å². The third kappa shape index (κ3) is 6.00. The largest absolute Gasteiger partial charge is 0.486 e. The number of nitrogens with one attached hydrogen (secondary N) is 2. The van der Waals surface area contributed by atoms with Crippen molar-refractivity contribution in [3.8, 4) is 5.75 Å². The number of nitrogens with zero attached hydrogens (tertiary/aromatic N) is 2. The minimum Gasteiger partial charge on any atom is -0.486 e. The first kappa shape index (κ1) is 23.6. The minimum atomic E-state index is -0.519. The van der Waals surface area contributed by atoms with E-state index in [2.05, 4.69) is 20.5 Å². The molecule has 0 unspecified atom stereocenters. The Balaban J connectivity index is 1.60. The lowest BCUT2D eigenvalue weighted by Gasteiger charge is -2.10. The molecule has 0 aliphatic heterocycles. The molecule has 0 saturated carbocycles. The molecule has 0 aliphatic rings. The number of methoxy groups -OCH3 is 1. The maximum atomic E-state index is 12.6. The molecule has 1 aromatic carbocycles. The number of aromatic nitrogens is 2. The molecular formula is C23H26N4O6. The molecule has 0 aliphatic carbocycles.